The molecule has 2 nitrogen and oxygen atoms in total. The van der Waals surface area contributed by atoms with Gasteiger partial charge in [-0.15, -0.1) is 0 Å². The molecular formula is C41H32BN2+. The summed E-state index contributed by atoms with van der Waals surface area (Å²) in [5.41, 5.74) is 15.2. The molecule has 0 bridgehead atoms. The average Bonchev–Trinajstić information content (AvgIpc) is 3.66. The van der Waals surface area contributed by atoms with E-state index in [1.165, 1.54) is 11.1 Å². The first-order valence-corrected chi connectivity index (χ1v) is 15.0. The Kier molecular flexibility index (Phi) is 7.29. The summed E-state index contributed by atoms with van der Waals surface area (Å²) in [5, 5.41) is 0. The van der Waals surface area contributed by atoms with Crippen molar-refractivity contribution in [2.45, 2.75) is 13.8 Å². The van der Waals surface area contributed by atoms with Crippen LogP contribution in [0.15, 0.2) is 157 Å². The first-order chi connectivity index (χ1) is 21.6. The fraction of sp³-hybridized carbons (Fsp3) is 0.0488. The molecule has 1 aliphatic rings. The molecule has 44 heavy (non-hydrogen) atoms. The number of H-pyrrole nitrogens is 1. The van der Waals surface area contributed by atoms with Gasteiger partial charge in [0.15, 0.2) is 11.4 Å². The second kappa shape index (κ2) is 11.7. The third-order valence-electron chi connectivity index (χ3n) is 8.28. The van der Waals surface area contributed by atoms with Crippen molar-refractivity contribution in [2.24, 2.45) is 0 Å². The summed E-state index contributed by atoms with van der Waals surface area (Å²) >= 11 is 0. The Balaban J connectivity index is 1.58. The number of benzene rings is 5. The van der Waals surface area contributed by atoms with E-state index in [1.54, 1.807) is 0 Å². The molecule has 208 valence electrons. The van der Waals surface area contributed by atoms with Gasteiger partial charge in [0.1, 0.15) is 0 Å². The van der Waals surface area contributed by atoms with Crippen LogP contribution in [0, 0.1) is 13.8 Å². The number of allylic oxidation sites excluding steroid dienone is 2. The van der Waals surface area contributed by atoms with Crippen LogP contribution in [0.2, 0.25) is 0 Å². The van der Waals surface area contributed by atoms with E-state index >= 15 is 0 Å². The van der Waals surface area contributed by atoms with Crippen molar-refractivity contribution in [1.29, 1.82) is 0 Å². The Bertz CT molecular complexity index is 2030. The molecule has 2 heterocycles. The maximum absolute atomic E-state index is 7.19. The number of rotatable bonds is 6. The van der Waals surface area contributed by atoms with Crippen LogP contribution in [0.3, 0.4) is 0 Å². The second-order valence-corrected chi connectivity index (χ2v) is 11.3. The first-order valence-electron chi connectivity index (χ1n) is 15.0. The smallest absolute Gasteiger partial charge is 0.354 e. The fourth-order valence-corrected chi connectivity index (χ4v) is 5.95. The largest absolute Gasteiger partial charge is 0.587 e. The summed E-state index contributed by atoms with van der Waals surface area (Å²) in [6, 6.07) is 51.2. The van der Waals surface area contributed by atoms with Gasteiger partial charge in [0.2, 0.25) is 0 Å². The van der Waals surface area contributed by atoms with Crippen LogP contribution < -0.4 is 0 Å². The lowest BCUT2D eigenvalue weighted by atomic mass is 9.90. The monoisotopic (exact) mass is 563 g/mol. The lowest BCUT2D eigenvalue weighted by Gasteiger charge is -2.15. The molecule has 0 amide bonds. The Morgan fingerprint density at radius 2 is 1.09 bits per heavy atom. The zero-order chi connectivity index (χ0) is 30.0. The van der Waals surface area contributed by atoms with Gasteiger partial charge in [-0.05, 0) is 54.3 Å². The highest BCUT2D eigenvalue weighted by atomic mass is 15.0. The second-order valence-electron chi connectivity index (χ2n) is 11.3. The third kappa shape index (κ3) is 5.18. The highest BCUT2D eigenvalue weighted by Gasteiger charge is 2.34. The van der Waals surface area contributed by atoms with E-state index in [9.17, 15) is 0 Å². The molecule has 1 N–H and O–H groups in total. The Labute approximate surface area is 260 Å². The topological polar surface area (TPSA) is 18.8 Å². The molecule has 0 aliphatic carbocycles. The molecule has 3 heteroatoms. The Morgan fingerprint density at radius 3 is 1.68 bits per heavy atom. The zero-order valence-corrected chi connectivity index (χ0v) is 25.0. The third-order valence-corrected chi connectivity index (χ3v) is 8.28. The van der Waals surface area contributed by atoms with Crippen LogP contribution in [0.1, 0.15) is 33.5 Å². The van der Waals surface area contributed by atoms with Gasteiger partial charge >= 0.3 is 7.98 Å². The number of nitrogens with one attached hydrogen (secondary N) is 1. The van der Waals surface area contributed by atoms with Gasteiger partial charge in [-0.3, -0.25) is 4.49 Å². The minimum absolute atomic E-state index is 0.953. The lowest BCUT2D eigenvalue weighted by Crippen LogP contribution is -2.15. The van der Waals surface area contributed by atoms with Gasteiger partial charge in [0, 0.05) is 22.9 Å². The Hall–Kier alpha value is -5.41. The standard InChI is InChI=1S/C41H32BN2/c1-28-18-22-30(23-19-28)35-26-37(32-12-6-3-7-13-32)43-40(35)39(34-16-10-5-11-17-34)41-36(31-24-20-29(2)21-25-31)27-38(44(41)42)33-14-8-4-9-15-33/h3-27,43H,1-2H3/q+1. The van der Waals surface area contributed by atoms with Crippen molar-refractivity contribution < 1.29 is 4.49 Å². The Morgan fingerprint density at radius 1 is 0.568 bits per heavy atom. The van der Waals surface area contributed by atoms with Crippen molar-refractivity contribution in [3.05, 3.63) is 191 Å². The number of hydrogen-bond donors (Lipinski definition) is 1. The number of nitrogens with zero attached hydrogens (tertiary/aromatic N) is 1. The normalized spacial score (nSPS) is 14.1. The zero-order valence-electron chi connectivity index (χ0n) is 25.0. The van der Waals surface area contributed by atoms with E-state index in [-0.39, 0.29) is 0 Å². The minimum atomic E-state index is 0.953. The fourth-order valence-electron chi connectivity index (χ4n) is 5.95. The minimum Gasteiger partial charge on any atom is -0.354 e. The molecule has 0 saturated carbocycles. The van der Waals surface area contributed by atoms with E-state index in [0.29, 0.717) is 0 Å². The summed E-state index contributed by atoms with van der Waals surface area (Å²) in [6.45, 7) is 4.24. The maximum Gasteiger partial charge on any atom is 0.587 e. The SMILES string of the molecule is [B][N+]1=C(c2ccccc2)C=C(c2ccc(C)cc2)/C1=C(\c1ccccc1)c1[nH]c(-c2ccccc2)cc1-c1ccc(C)cc1. The molecule has 0 spiro atoms. The molecule has 1 aliphatic heterocycles. The molecule has 0 fully saturated rings. The molecule has 0 saturated heterocycles. The molecular weight excluding hydrogens is 531 g/mol. The number of hydrogen-bond acceptors (Lipinski definition) is 0. The summed E-state index contributed by atoms with van der Waals surface area (Å²) in [4.78, 5) is 3.87. The predicted octanol–water partition coefficient (Wildman–Crippen LogP) is 9.41. The summed E-state index contributed by atoms with van der Waals surface area (Å²) in [6.07, 6.45) is 2.23. The van der Waals surface area contributed by atoms with Gasteiger partial charge in [-0.1, -0.05) is 139 Å². The molecule has 5 aromatic carbocycles. The quantitative estimate of drug-likeness (QED) is 0.195. The van der Waals surface area contributed by atoms with Crippen LogP contribution in [0.4, 0.5) is 0 Å². The van der Waals surface area contributed by atoms with Crippen molar-refractivity contribution in [2.75, 3.05) is 0 Å². The molecule has 2 radical (unpaired) electrons. The van der Waals surface area contributed by atoms with Crippen LogP contribution in [-0.2, 0) is 0 Å². The van der Waals surface area contributed by atoms with Crippen molar-refractivity contribution in [1.82, 2.24) is 4.98 Å². The summed E-state index contributed by atoms with van der Waals surface area (Å²) in [5.74, 6) is 0. The van der Waals surface area contributed by atoms with Gasteiger partial charge in [-0.2, -0.15) is 0 Å². The highest BCUT2D eigenvalue weighted by molar-refractivity contribution is 6.20. The molecule has 0 atom stereocenters. The van der Waals surface area contributed by atoms with Gasteiger partial charge in [0.25, 0.3) is 0 Å². The van der Waals surface area contributed by atoms with Crippen LogP contribution in [-0.4, -0.2) is 23.2 Å². The van der Waals surface area contributed by atoms with E-state index in [4.69, 9.17) is 7.98 Å². The van der Waals surface area contributed by atoms with Crippen molar-refractivity contribution in [3.63, 3.8) is 0 Å². The summed E-state index contributed by atoms with van der Waals surface area (Å²) in [7, 11) is 7.19. The van der Waals surface area contributed by atoms with Crippen molar-refractivity contribution >= 4 is 24.8 Å². The number of aromatic amines is 1. The van der Waals surface area contributed by atoms with E-state index < -0.39 is 0 Å². The number of aromatic nitrogens is 1. The molecule has 7 rings (SSSR count). The summed E-state index contributed by atoms with van der Waals surface area (Å²) < 4.78 is 1.87. The van der Waals surface area contributed by atoms with Crippen LogP contribution in [0.5, 0.6) is 0 Å². The maximum atomic E-state index is 7.19. The predicted molar refractivity (Wildman–Crippen MR) is 185 cm³/mol. The van der Waals surface area contributed by atoms with E-state index in [2.05, 4.69) is 164 Å². The molecule has 6 aromatic rings. The van der Waals surface area contributed by atoms with Crippen molar-refractivity contribution in [3.8, 4) is 22.4 Å². The van der Waals surface area contributed by atoms with Gasteiger partial charge in [-0.25, -0.2) is 0 Å². The van der Waals surface area contributed by atoms with Gasteiger partial charge in [0.05, 0.1) is 16.8 Å². The van der Waals surface area contributed by atoms with Crippen LogP contribution >= 0.6 is 0 Å². The highest BCUT2D eigenvalue weighted by Crippen LogP contribution is 2.42. The van der Waals surface area contributed by atoms with E-state index in [1.807, 2.05) is 10.6 Å². The van der Waals surface area contributed by atoms with E-state index in [0.717, 1.165) is 67.3 Å². The first kappa shape index (κ1) is 27.4. The lowest BCUT2D eigenvalue weighted by molar-refractivity contribution is -0.296. The molecule has 0 unspecified atom stereocenters. The average molecular weight is 564 g/mol. The molecule has 1 aromatic heterocycles. The van der Waals surface area contributed by atoms with Gasteiger partial charge < -0.3 is 4.98 Å². The van der Waals surface area contributed by atoms with Crippen LogP contribution in [0.25, 0.3) is 33.5 Å². The number of aryl methyl sites for hydroxylation is 2.